The number of rotatable bonds is 7. The third-order valence-electron chi connectivity index (χ3n) is 4.88. The number of ether oxygens (including phenoxy) is 2. The van der Waals surface area contributed by atoms with Gasteiger partial charge in [0.25, 0.3) is 0 Å². The average molecular weight is 577 g/mol. The van der Waals surface area contributed by atoms with E-state index in [0.29, 0.717) is 5.71 Å². The molecule has 0 aromatic heterocycles. The normalized spacial score (nSPS) is 12.1. The first-order chi connectivity index (χ1) is 16.1. The maximum Gasteiger partial charge on any atom is 0.331 e. The number of esters is 1. The van der Waals surface area contributed by atoms with Crippen molar-refractivity contribution < 1.29 is 23.0 Å². The highest BCUT2D eigenvalue weighted by molar-refractivity contribution is 14.1. The lowest BCUT2D eigenvalue weighted by atomic mass is 10.00. The number of hydrogen-bond acceptors (Lipinski definition) is 4. The minimum absolute atomic E-state index is 0.103. The SMILES string of the molecule is COc1c(F)cc(F)c(I)c1C[C@@H](N=C(c1ccccc1)c1ccccc1)C(=O)OC(C)(C)C. The van der Waals surface area contributed by atoms with Crippen molar-refractivity contribution in [1.82, 2.24) is 0 Å². The van der Waals surface area contributed by atoms with Crippen molar-refractivity contribution in [3.05, 3.63) is 98.6 Å². The molecule has 0 aliphatic carbocycles. The van der Waals surface area contributed by atoms with Gasteiger partial charge in [-0.2, -0.15) is 0 Å². The molecule has 7 heteroatoms. The molecule has 0 saturated heterocycles. The Balaban J connectivity index is 2.18. The molecule has 1 atom stereocenters. The van der Waals surface area contributed by atoms with E-state index in [4.69, 9.17) is 14.5 Å². The van der Waals surface area contributed by atoms with E-state index in [9.17, 15) is 13.6 Å². The second-order valence-corrected chi connectivity index (χ2v) is 9.71. The van der Waals surface area contributed by atoms with Gasteiger partial charge in [0.15, 0.2) is 17.6 Å². The Hall–Kier alpha value is -2.81. The lowest BCUT2D eigenvalue weighted by molar-refractivity contribution is -0.156. The summed E-state index contributed by atoms with van der Waals surface area (Å²) >= 11 is 1.79. The van der Waals surface area contributed by atoms with E-state index in [0.717, 1.165) is 17.2 Å². The first-order valence-corrected chi connectivity index (χ1v) is 11.8. The van der Waals surface area contributed by atoms with Crippen LogP contribution in [-0.2, 0) is 16.0 Å². The van der Waals surface area contributed by atoms with Gasteiger partial charge in [-0.1, -0.05) is 60.7 Å². The number of carbonyl (C=O) groups excluding carboxylic acids is 1. The maximum atomic E-state index is 14.5. The van der Waals surface area contributed by atoms with E-state index >= 15 is 0 Å². The molecule has 0 bridgehead atoms. The second kappa shape index (κ2) is 11.1. The molecular formula is C27H26F2INO3. The van der Waals surface area contributed by atoms with Gasteiger partial charge in [-0.3, -0.25) is 4.99 Å². The van der Waals surface area contributed by atoms with Gasteiger partial charge in [0, 0.05) is 29.2 Å². The monoisotopic (exact) mass is 577 g/mol. The molecule has 178 valence electrons. The minimum Gasteiger partial charge on any atom is -0.493 e. The zero-order valence-electron chi connectivity index (χ0n) is 19.4. The summed E-state index contributed by atoms with van der Waals surface area (Å²) in [5, 5.41) is 0. The summed E-state index contributed by atoms with van der Waals surface area (Å²) in [4.78, 5) is 18.1. The first kappa shape index (κ1) is 25.8. The highest BCUT2D eigenvalue weighted by atomic mass is 127. The van der Waals surface area contributed by atoms with Crippen LogP contribution in [-0.4, -0.2) is 30.4 Å². The Labute approximate surface area is 212 Å². The number of carbonyl (C=O) groups is 1. The zero-order chi connectivity index (χ0) is 24.9. The van der Waals surface area contributed by atoms with Gasteiger partial charge >= 0.3 is 5.97 Å². The van der Waals surface area contributed by atoms with Gasteiger partial charge in [0.1, 0.15) is 11.4 Å². The smallest absolute Gasteiger partial charge is 0.331 e. The van der Waals surface area contributed by atoms with Crippen molar-refractivity contribution in [2.45, 2.75) is 38.8 Å². The third kappa shape index (κ3) is 6.40. The van der Waals surface area contributed by atoms with Gasteiger partial charge < -0.3 is 9.47 Å². The molecule has 3 aromatic rings. The van der Waals surface area contributed by atoms with Crippen LogP contribution in [0.15, 0.2) is 71.7 Å². The van der Waals surface area contributed by atoms with E-state index in [-0.39, 0.29) is 21.3 Å². The van der Waals surface area contributed by atoms with Crippen LogP contribution >= 0.6 is 22.6 Å². The van der Waals surface area contributed by atoms with Crippen LogP contribution in [0.1, 0.15) is 37.5 Å². The Morgan fingerprint density at radius 3 is 1.97 bits per heavy atom. The fourth-order valence-corrected chi connectivity index (χ4v) is 4.06. The van der Waals surface area contributed by atoms with Gasteiger partial charge in [-0.15, -0.1) is 0 Å². The molecule has 0 radical (unpaired) electrons. The molecule has 0 spiro atoms. The summed E-state index contributed by atoms with van der Waals surface area (Å²) in [6.07, 6.45) is -0.103. The fraction of sp³-hybridized carbons (Fsp3) is 0.259. The fourth-order valence-electron chi connectivity index (χ4n) is 3.44. The molecule has 0 N–H and O–H groups in total. The van der Waals surface area contributed by atoms with E-state index in [1.807, 2.05) is 60.7 Å². The summed E-state index contributed by atoms with van der Waals surface area (Å²) in [6.45, 7) is 5.27. The standard InChI is InChI=1S/C27H26F2INO3/c1-27(2,3)34-26(32)22(15-19-23(30)20(28)16-21(29)25(19)33-4)31-24(17-11-7-5-8-12-17)18-13-9-6-10-14-18/h5-14,16,22H,15H2,1-4H3/t22-/m1/s1. The Morgan fingerprint density at radius 1 is 0.971 bits per heavy atom. The summed E-state index contributed by atoms with van der Waals surface area (Å²) in [5.74, 6) is -2.28. The number of aliphatic imine (C=N–C) groups is 1. The Bertz CT molecular complexity index is 1130. The average Bonchev–Trinajstić information content (AvgIpc) is 2.79. The van der Waals surface area contributed by atoms with Crippen molar-refractivity contribution in [3.63, 3.8) is 0 Å². The number of hydrogen-bond donors (Lipinski definition) is 0. The van der Waals surface area contributed by atoms with Crippen LogP contribution in [0.2, 0.25) is 0 Å². The summed E-state index contributed by atoms with van der Waals surface area (Å²) < 4.78 is 39.9. The molecule has 0 aliphatic rings. The highest BCUT2D eigenvalue weighted by Gasteiger charge is 2.29. The minimum atomic E-state index is -1.07. The van der Waals surface area contributed by atoms with Crippen LogP contribution in [0.5, 0.6) is 5.75 Å². The summed E-state index contributed by atoms with van der Waals surface area (Å²) in [6, 6.07) is 18.6. The lowest BCUT2D eigenvalue weighted by Gasteiger charge is -2.24. The topological polar surface area (TPSA) is 47.9 Å². The molecule has 4 nitrogen and oxygen atoms in total. The number of methoxy groups -OCH3 is 1. The maximum absolute atomic E-state index is 14.5. The highest BCUT2D eigenvalue weighted by Crippen LogP contribution is 2.32. The molecule has 0 aliphatic heterocycles. The zero-order valence-corrected chi connectivity index (χ0v) is 21.6. The number of halogens is 3. The van der Waals surface area contributed by atoms with E-state index in [1.54, 1.807) is 43.4 Å². The molecule has 34 heavy (non-hydrogen) atoms. The van der Waals surface area contributed by atoms with Crippen molar-refractivity contribution in [2.75, 3.05) is 7.11 Å². The third-order valence-corrected chi connectivity index (χ3v) is 6.05. The molecule has 0 unspecified atom stereocenters. The van der Waals surface area contributed by atoms with Crippen LogP contribution in [0.4, 0.5) is 8.78 Å². The molecule has 0 amide bonds. The lowest BCUT2D eigenvalue weighted by Crippen LogP contribution is -2.33. The quantitative estimate of drug-likeness (QED) is 0.142. The van der Waals surface area contributed by atoms with E-state index in [2.05, 4.69) is 0 Å². The summed E-state index contributed by atoms with van der Waals surface area (Å²) in [7, 11) is 1.31. The largest absolute Gasteiger partial charge is 0.493 e. The van der Waals surface area contributed by atoms with Crippen LogP contribution in [0.3, 0.4) is 0 Å². The molecule has 0 heterocycles. The van der Waals surface area contributed by atoms with Crippen molar-refractivity contribution >= 4 is 34.3 Å². The number of benzene rings is 3. The van der Waals surface area contributed by atoms with Gasteiger partial charge in [-0.05, 0) is 43.4 Å². The van der Waals surface area contributed by atoms with Crippen LogP contribution in [0, 0.1) is 15.2 Å². The van der Waals surface area contributed by atoms with E-state index < -0.39 is 29.2 Å². The molecule has 3 aromatic carbocycles. The Kier molecular flexibility index (Phi) is 8.41. The van der Waals surface area contributed by atoms with Crippen molar-refractivity contribution in [1.29, 1.82) is 0 Å². The van der Waals surface area contributed by atoms with Crippen LogP contribution < -0.4 is 4.74 Å². The Morgan fingerprint density at radius 2 is 1.50 bits per heavy atom. The van der Waals surface area contributed by atoms with Crippen molar-refractivity contribution in [3.8, 4) is 5.75 Å². The van der Waals surface area contributed by atoms with Gasteiger partial charge in [-0.25, -0.2) is 13.6 Å². The first-order valence-electron chi connectivity index (χ1n) is 10.7. The molecule has 0 saturated carbocycles. The van der Waals surface area contributed by atoms with Gasteiger partial charge in [0.2, 0.25) is 0 Å². The molecular weight excluding hydrogens is 551 g/mol. The van der Waals surface area contributed by atoms with Crippen LogP contribution in [0.25, 0.3) is 0 Å². The predicted octanol–water partition coefficient (Wildman–Crippen LogP) is 6.37. The molecule has 0 fully saturated rings. The number of nitrogens with zero attached hydrogens (tertiary/aromatic N) is 1. The van der Waals surface area contributed by atoms with Crippen molar-refractivity contribution in [2.24, 2.45) is 4.99 Å². The molecule has 3 rings (SSSR count). The van der Waals surface area contributed by atoms with E-state index in [1.165, 1.54) is 7.11 Å². The predicted molar refractivity (Wildman–Crippen MR) is 137 cm³/mol. The van der Waals surface area contributed by atoms with Gasteiger partial charge in [0.05, 0.1) is 16.4 Å². The second-order valence-electron chi connectivity index (χ2n) is 8.63. The summed E-state index contributed by atoms with van der Waals surface area (Å²) in [5.41, 5.74) is 1.63.